The van der Waals surface area contributed by atoms with Crippen molar-refractivity contribution in [1.29, 1.82) is 0 Å². The van der Waals surface area contributed by atoms with E-state index in [1.54, 1.807) is 0 Å². The molecular formula is C15H22N2O2. The van der Waals surface area contributed by atoms with Crippen molar-refractivity contribution in [2.24, 2.45) is 5.92 Å². The lowest BCUT2D eigenvalue weighted by Gasteiger charge is -2.25. The van der Waals surface area contributed by atoms with Crippen LogP contribution in [0.4, 0.5) is 0 Å². The molecule has 104 valence electrons. The van der Waals surface area contributed by atoms with Crippen LogP contribution in [-0.2, 0) is 4.79 Å². The molecule has 0 unspecified atom stereocenters. The van der Waals surface area contributed by atoms with E-state index in [0.29, 0.717) is 11.8 Å². The molecule has 0 aliphatic heterocycles. The number of carboxylic acids is 1. The molecule has 1 fully saturated rings. The van der Waals surface area contributed by atoms with Gasteiger partial charge in [-0.1, -0.05) is 13.8 Å². The molecule has 19 heavy (non-hydrogen) atoms. The van der Waals surface area contributed by atoms with Crippen LogP contribution in [0.25, 0.3) is 0 Å². The van der Waals surface area contributed by atoms with Crippen molar-refractivity contribution in [3.8, 4) is 0 Å². The molecular weight excluding hydrogens is 240 g/mol. The van der Waals surface area contributed by atoms with Gasteiger partial charge in [-0.15, -0.1) is 0 Å². The van der Waals surface area contributed by atoms with Crippen molar-refractivity contribution < 1.29 is 9.90 Å². The Morgan fingerprint density at radius 2 is 1.89 bits per heavy atom. The van der Waals surface area contributed by atoms with Gasteiger partial charge in [-0.25, -0.2) is 9.97 Å². The van der Waals surface area contributed by atoms with Gasteiger partial charge in [0.05, 0.1) is 5.92 Å². The van der Waals surface area contributed by atoms with Crippen LogP contribution in [0.5, 0.6) is 0 Å². The minimum atomic E-state index is -0.661. The van der Waals surface area contributed by atoms with Crippen LogP contribution in [0.1, 0.15) is 68.6 Å². The number of aryl methyl sites for hydroxylation is 1. The number of aliphatic carboxylic acids is 1. The lowest BCUT2D eigenvalue weighted by Crippen LogP contribution is -2.22. The summed E-state index contributed by atoms with van der Waals surface area (Å²) < 4.78 is 0. The first-order chi connectivity index (χ1) is 8.97. The zero-order chi connectivity index (χ0) is 14.0. The van der Waals surface area contributed by atoms with E-state index in [1.165, 1.54) is 0 Å². The van der Waals surface area contributed by atoms with Crippen molar-refractivity contribution in [3.63, 3.8) is 0 Å². The lowest BCUT2D eigenvalue weighted by molar-refractivity contribution is -0.142. The molecule has 1 aromatic heterocycles. The molecule has 0 atom stereocenters. The first-order valence-corrected chi connectivity index (χ1v) is 7.05. The summed E-state index contributed by atoms with van der Waals surface area (Å²) in [6, 6.07) is 2.04. The van der Waals surface area contributed by atoms with Crippen molar-refractivity contribution in [2.45, 2.75) is 58.3 Å². The van der Waals surface area contributed by atoms with E-state index < -0.39 is 5.97 Å². The summed E-state index contributed by atoms with van der Waals surface area (Å²) in [5, 5.41) is 9.02. The predicted octanol–water partition coefficient (Wildman–Crippen LogP) is 3.27. The van der Waals surface area contributed by atoms with E-state index in [2.05, 4.69) is 23.8 Å². The van der Waals surface area contributed by atoms with Crippen molar-refractivity contribution >= 4 is 5.97 Å². The number of hydrogen-bond acceptors (Lipinski definition) is 3. The maximum absolute atomic E-state index is 11.0. The summed E-state index contributed by atoms with van der Waals surface area (Å²) >= 11 is 0. The van der Waals surface area contributed by atoms with Crippen molar-refractivity contribution in [2.75, 3.05) is 0 Å². The Bertz CT molecular complexity index is 463. The first kappa shape index (κ1) is 14.0. The van der Waals surface area contributed by atoms with Gasteiger partial charge in [-0.3, -0.25) is 4.79 Å². The fourth-order valence-corrected chi connectivity index (χ4v) is 2.69. The SMILES string of the molecule is Cc1cc(C(C)C)nc(C2CCC(C(=O)O)CC2)n1. The minimum absolute atomic E-state index is 0.175. The number of hydrogen-bond donors (Lipinski definition) is 1. The van der Waals surface area contributed by atoms with Crippen LogP contribution in [0, 0.1) is 12.8 Å². The maximum Gasteiger partial charge on any atom is 0.306 e. The maximum atomic E-state index is 11.0. The number of carbonyl (C=O) groups is 1. The molecule has 0 radical (unpaired) electrons. The zero-order valence-electron chi connectivity index (χ0n) is 11.9. The average molecular weight is 262 g/mol. The van der Waals surface area contributed by atoms with Gasteiger partial charge in [-0.2, -0.15) is 0 Å². The highest BCUT2D eigenvalue weighted by molar-refractivity contribution is 5.70. The molecule has 1 aliphatic rings. The third kappa shape index (κ3) is 3.31. The average Bonchev–Trinajstić information content (AvgIpc) is 2.38. The Morgan fingerprint density at radius 3 is 2.42 bits per heavy atom. The summed E-state index contributed by atoms with van der Waals surface area (Å²) in [5.74, 6) is 0.799. The Kier molecular flexibility index (Phi) is 4.17. The summed E-state index contributed by atoms with van der Waals surface area (Å²) in [7, 11) is 0. The lowest BCUT2D eigenvalue weighted by atomic mass is 9.81. The molecule has 0 aromatic carbocycles. The van der Waals surface area contributed by atoms with Gasteiger partial charge in [0, 0.05) is 17.3 Å². The van der Waals surface area contributed by atoms with E-state index in [4.69, 9.17) is 5.11 Å². The summed E-state index contributed by atoms with van der Waals surface area (Å²) in [6.45, 7) is 6.26. The summed E-state index contributed by atoms with van der Waals surface area (Å²) in [6.07, 6.45) is 3.26. The minimum Gasteiger partial charge on any atom is -0.481 e. The Labute approximate surface area is 114 Å². The molecule has 2 rings (SSSR count). The van der Waals surface area contributed by atoms with Gasteiger partial charge in [-0.05, 0) is 44.6 Å². The molecule has 4 nitrogen and oxygen atoms in total. The van der Waals surface area contributed by atoms with Gasteiger partial charge in [0.1, 0.15) is 5.82 Å². The standard InChI is InChI=1S/C15H22N2O2/c1-9(2)13-8-10(3)16-14(17-13)11-4-6-12(7-5-11)15(18)19/h8-9,11-12H,4-7H2,1-3H3,(H,18,19). The quantitative estimate of drug-likeness (QED) is 0.908. The van der Waals surface area contributed by atoms with Crippen LogP contribution in [0.15, 0.2) is 6.07 Å². The van der Waals surface area contributed by atoms with Crippen LogP contribution in [0.2, 0.25) is 0 Å². The van der Waals surface area contributed by atoms with Crippen molar-refractivity contribution in [3.05, 3.63) is 23.3 Å². The molecule has 1 aliphatic carbocycles. The molecule has 0 saturated heterocycles. The van der Waals surface area contributed by atoms with E-state index >= 15 is 0 Å². The summed E-state index contributed by atoms with van der Waals surface area (Å²) in [5.41, 5.74) is 2.09. The number of nitrogens with zero attached hydrogens (tertiary/aromatic N) is 2. The normalized spacial score (nSPS) is 23.6. The molecule has 0 amide bonds. The molecule has 1 heterocycles. The second-order valence-electron chi connectivity index (χ2n) is 5.83. The zero-order valence-corrected chi connectivity index (χ0v) is 11.9. The number of rotatable bonds is 3. The second-order valence-corrected chi connectivity index (χ2v) is 5.83. The second kappa shape index (κ2) is 5.68. The monoisotopic (exact) mass is 262 g/mol. The van der Waals surface area contributed by atoms with Crippen molar-refractivity contribution in [1.82, 2.24) is 9.97 Å². The predicted molar refractivity (Wildman–Crippen MR) is 73.2 cm³/mol. The highest BCUT2D eigenvalue weighted by atomic mass is 16.4. The van der Waals surface area contributed by atoms with Gasteiger partial charge >= 0.3 is 5.97 Å². The van der Waals surface area contributed by atoms with Crippen LogP contribution < -0.4 is 0 Å². The van der Waals surface area contributed by atoms with Gasteiger partial charge in [0.25, 0.3) is 0 Å². The number of carboxylic acid groups (broad SMARTS) is 1. The highest BCUT2D eigenvalue weighted by Crippen LogP contribution is 2.34. The van der Waals surface area contributed by atoms with Crippen LogP contribution in [-0.4, -0.2) is 21.0 Å². The third-order valence-corrected chi connectivity index (χ3v) is 3.92. The molecule has 1 aromatic rings. The molecule has 1 N–H and O–H groups in total. The summed E-state index contributed by atoms with van der Waals surface area (Å²) in [4.78, 5) is 20.2. The Balaban J connectivity index is 2.13. The Hall–Kier alpha value is -1.45. The van der Waals surface area contributed by atoms with Gasteiger partial charge in [0.15, 0.2) is 0 Å². The molecule has 4 heteroatoms. The van der Waals surface area contributed by atoms with Gasteiger partial charge < -0.3 is 5.11 Å². The smallest absolute Gasteiger partial charge is 0.306 e. The fourth-order valence-electron chi connectivity index (χ4n) is 2.69. The largest absolute Gasteiger partial charge is 0.481 e. The highest BCUT2D eigenvalue weighted by Gasteiger charge is 2.28. The van der Waals surface area contributed by atoms with E-state index in [9.17, 15) is 4.79 Å². The fraction of sp³-hybridized carbons (Fsp3) is 0.667. The van der Waals surface area contributed by atoms with E-state index in [1.807, 2.05) is 13.0 Å². The van der Waals surface area contributed by atoms with E-state index in [0.717, 1.165) is 42.9 Å². The van der Waals surface area contributed by atoms with Crippen LogP contribution >= 0.6 is 0 Å². The molecule has 0 spiro atoms. The van der Waals surface area contributed by atoms with E-state index in [-0.39, 0.29) is 5.92 Å². The van der Waals surface area contributed by atoms with Gasteiger partial charge in [0.2, 0.25) is 0 Å². The number of aromatic nitrogens is 2. The molecule has 0 bridgehead atoms. The molecule has 1 saturated carbocycles. The third-order valence-electron chi connectivity index (χ3n) is 3.92. The first-order valence-electron chi connectivity index (χ1n) is 7.05. The Morgan fingerprint density at radius 1 is 1.26 bits per heavy atom. The topological polar surface area (TPSA) is 63.1 Å². The van der Waals surface area contributed by atoms with Crippen LogP contribution in [0.3, 0.4) is 0 Å².